The Morgan fingerprint density at radius 3 is 2.75 bits per heavy atom. The monoisotopic (exact) mass is 214 g/mol. The van der Waals surface area contributed by atoms with Crippen LogP contribution < -0.4 is 5.32 Å². The van der Waals surface area contributed by atoms with E-state index in [1.807, 2.05) is 0 Å². The van der Waals surface area contributed by atoms with Gasteiger partial charge in [0.05, 0.1) is 0 Å². The van der Waals surface area contributed by atoms with Gasteiger partial charge in [-0.05, 0) is 24.5 Å². The summed E-state index contributed by atoms with van der Waals surface area (Å²) in [7, 11) is 0. The smallest absolute Gasteiger partial charge is 0.229 e. The number of rotatable bonds is 1. The molecule has 1 aliphatic carbocycles. The van der Waals surface area contributed by atoms with Crippen molar-refractivity contribution >= 4 is 11.8 Å². The third kappa shape index (κ3) is 1.16. The minimum atomic E-state index is 0.130. The van der Waals surface area contributed by atoms with Crippen LogP contribution in [0.25, 0.3) is 0 Å². The van der Waals surface area contributed by atoms with Gasteiger partial charge < -0.3 is 5.32 Å². The van der Waals surface area contributed by atoms with E-state index >= 15 is 0 Å². The first-order valence-electron chi connectivity index (χ1n) is 5.82. The van der Waals surface area contributed by atoms with Gasteiger partial charge >= 0.3 is 0 Å². The molecule has 3 rings (SSSR count). The van der Waals surface area contributed by atoms with Gasteiger partial charge in [-0.2, -0.15) is 4.99 Å². The summed E-state index contributed by atoms with van der Waals surface area (Å²) in [5.74, 6) is 4.56. The highest BCUT2D eigenvalue weighted by Gasteiger charge is 2.45. The molecule has 16 heavy (non-hydrogen) atoms. The average Bonchev–Trinajstić information content (AvgIpc) is 2.16. The summed E-state index contributed by atoms with van der Waals surface area (Å²) in [6.45, 7) is 4.29. The number of allylic oxidation sites excluding steroid dienone is 2. The molecule has 3 aliphatic rings. The number of hydrogen-bond acceptors (Lipinski definition) is 2. The fraction of sp³-hybridized carbons (Fsp3) is 0.538. The van der Waals surface area contributed by atoms with E-state index in [0.29, 0.717) is 17.7 Å². The third-order valence-electron chi connectivity index (χ3n) is 3.70. The summed E-state index contributed by atoms with van der Waals surface area (Å²) < 4.78 is 0. The number of nitrogens with one attached hydrogen (secondary N) is 1. The number of amides is 1. The van der Waals surface area contributed by atoms with Crippen molar-refractivity contribution in [1.82, 2.24) is 5.32 Å². The van der Waals surface area contributed by atoms with Crippen LogP contribution in [0.1, 0.15) is 26.7 Å². The second-order valence-corrected chi connectivity index (χ2v) is 4.96. The Kier molecular flexibility index (Phi) is 1.94. The molecule has 0 aromatic carbocycles. The van der Waals surface area contributed by atoms with Crippen LogP contribution in [0.5, 0.6) is 0 Å². The fourth-order valence-corrected chi connectivity index (χ4v) is 2.69. The first-order valence-corrected chi connectivity index (χ1v) is 5.82. The summed E-state index contributed by atoms with van der Waals surface area (Å²) in [6, 6.07) is 0. The highest BCUT2D eigenvalue weighted by molar-refractivity contribution is 5.85. The molecule has 1 fully saturated rings. The normalized spacial score (nSPS) is 30.7. The van der Waals surface area contributed by atoms with Gasteiger partial charge in [-0.3, -0.25) is 4.79 Å². The van der Waals surface area contributed by atoms with E-state index < -0.39 is 0 Å². The van der Waals surface area contributed by atoms with Gasteiger partial charge in [0, 0.05) is 28.9 Å². The lowest BCUT2D eigenvalue weighted by Crippen LogP contribution is -2.47. The Morgan fingerprint density at radius 1 is 1.38 bits per heavy atom. The van der Waals surface area contributed by atoms with Crippen LogP contribution >= 0.6 is 0 Å². The van der Waals surface area contributed by atoms with Crippen molar-refractivity contribution in [2.24, 2.45) is 22.7 Å². The lowest BCUT2D eigenvalue weighted by molar-refractivity contribution is -0.129. The molecule has 1 amide bonds. The molecule has 3 nitrogen and oxygen atoms in total. The van der Waals surface area contributed by atoms with Crippen molar-refractivity contribution in [2.75, 3.05) is 0 Å². The molecule has 2 aliphatic heterocycles. The topological polar surface area (TPSA) is 41.5 Å². The van der Waals surface area contributed by atoms with Crippen molar-refractivity contribution in [2.45, 2.75) is 26.7 Å². The van der Waals surface area contributed by atoms with Gasteiger partial charge in [0.25, 0.3) is 0 Å². The Morgan fingerprint density at radius 2 is 2.12 bits per heavy atom. The number of fused-ring (bicyclic) bond motifs is 2. The molecule has 1 N–H and O–H groups in total. The molecular formula is C13H14N2O. The van der Waals surface area contributed by atoms with Gasteiger partial charge in [-0.1, -0.05) is 13.8 Å². The molecule has 2 heterocycles. The number of aliphatic imine (C=N–C) groups is 1. The van der Waals surface area contributed by atoms with Gasteiger partial charge in [0.2, 0.25) is 5.91 Å². The number of carbonyl (C=O) groups excluding carboxylic acids is 1. The highest BCUT2D eigenvalue weighted by Crippen LogP contribution is 2.47. The predicted octanol–water partition coefficient (Wildman–Crippen LogP) is 1.77. The van der Waals surface area contributed by atoms with Crippen molar-refractivity contribution in [1.29, 1.82) is 0 Å². The van der Waals surface area contributed by atoms with E-state index in [4.69, 9.17) is 0 Å². The van der Waals surface area contributed by atoms with Crippen molar-refractivity contribution in [3.8, 4) is 0 Å². The molecule has 0 aromatic rings. The zero-order valence-electron chi connectivity index (χ0n) is 9.50. The maximum Gasteiger partial charge on any atom is 0.229 e. The maximum atomic E-state index is 11.7. The Hall–Kier alpha value is -1.56. The number of hydrogen-bond donors (Lipinski definition) is 1. The first-order chi connectivity index (χ1) is 7.68. The predicted molar refractivity (Wildman–Crippen MR) is 60.7 cm³/mol. The maximum absolute atomic E-state index is 11.7. The highest BCUT2D eigenvalue weighted by atomic mass is 16.2. The van der Waals surface area contributed by atoms with Crippen LogP contribution in [0, 0.1) is 17.8 Å². The quantitative estimate of drug-likeness (QED) is 0.664. The lowest BCUT2D eigenvalue weighted by Gasteiger charge is -2.42. The van der Waals surface area contributed by atoms with E-state index in [0.717, 1.165) is 12.8 Å². The van der Waals surface area contributed by atoms with Crippen LogP contribution in [0.3, 0.4) is 0 Å². The molecular weight excluding hydrogens is 200 g/mol. The molecule has 0 aromatic heterocycles. The molecule has 0 bridgehead atoms. The first kappa shape index (κ1) is 9.65. The molecule has 0 radical (unpaired) electrons. The van der Waals surface area contributed by atoms with E-state index in [-0.39, 0.29) is 11.8 Å². The minimum Gasteiger partial charge on any atom is -0.310 e. The van der Waals surface area contributed by atoms with Crippen LogP contribution in [0.15, 0.2) is 27.7 Å². The average molecular weight is 214 g/mol. The SMILES string of the molecule is CC(C)C1=C=C=NC2=C1C1CCC1C(=O)N2. The largest absolute Gasteiger partial charge is 0.310 e. The summed E-state index contributed by atoms with van der Waals surface area (Å²) in [5, 5.41) is 2.89. The summed E-state index contributed by atoms with van der Waals surface area (Å²) in [4.78, 5) is 15.8. The lowest BCUT2D eigenvalue weighted by atomic mass is 9.65. The van der Waals surface area contributed by atoms with E-state index in [9.17, 15) is 4.79 Å². The van der Waals surface area contributed by atoms with E-state index in [2.05, 4.69) is 35.8 Å². The Labute approximate surface area is 94.6 Å². The molecule has 2 atom stereocenters. The minimum absolute atomic E-state index is 0.130. The Bertz CT molecular complexity index is 500. The van der Waals surface area contributed by atoms with Gasteiger partial charge in [0.15, 0.2) is 0 Å². The number of nitrogens with zero attached hydrogens (tertiary/aromatic N) is 1. The van der Waals surface area contributed by atoms with Crippen LogP contribution in [0.4, 0.5) is 0 Å². The van der Waals surface area contributed by atoms with E-state index in [1.165, 1.54) is 11.1 Å². The molecule has 2 unspecified atom stereocenters. The molecule has 0 saturated heterocycles. The summed E-state index contributed by atoms with van der Waals surface area (Å²) in [5.41, 5.74) is 5.49. The summed E-state index contributed by atoms with van der Waals surface area (Å²) in [6.07, 6.45) is 2.11. The molecule has 82 valence electrons. The van der Waals surface area contributed by atoms with Gasteiger partial charge in [-0.25, -0.2) is 0 Å². The van der Waals surface area contributed by atoms with Gasteiger partial charge in [-0.15, -0.1) is 0 Å². The molecule has 3 heteroatoms. The Balaban J connectivity index is 2.09. The molecule has 0 spiro atoms. The van der Waals surface area contributed by atoms with Crippen molar-refractivity contribution < 1.29 is 4.79 Å². The number of carbonyl (C=O) groups is 1. The van der Waals surface area contributed by atoms with E-state index in [1.54, 1.807) is 0 Å². The fourth-order valence-electron chi connectivity index (χ4n) is 2.69. The van der Waals surface area contributed by atoms with Crippen molar-refractivity contribution in [3.63, 3.8) is 0 Å². The molecule has 1 saturated carbocycles. The van der Waals surface area contributed by atoms with Crippen molar-refractivity contribution in [3.05, 3.63) is 22.7 Å². The second kappa shape index (κ2) is 3.21. The summed E-state index contributed by atoms with van der Waals surface area (Å²) >= 11 is 0. The standard InChI is InChI=1S/C13H14N2O/c1-7(2)8-5-6-14-12-11(8)9-3-4-10(9)13(16)15-12/h7,9-10H,3-4H2,1-2H3,(H,14,15,16). The van der Waals surface area contributed by atoms with Crippen LogP contribution in [0.2, 0.25) is 0 Å². The third-order valence-corrected chi connectivity index (χ3v) is 3.70. The zero-order chi connectivity index (χ0) is 11.3. The van der Waals surface area contributed by atoms with Gasteiger partial charge in [0.1, 0.15) is 5.82 Å². The van der Waals surface area contributed by atoms with Crippen LogP contribution in [-0.2, 0) is 4.79 Å². The van der Waals surface area contributed by atoms with Crippen LogP contribution in [-0.4, -0.2) is 11.8 Å². The second-order valence-electron chi connectivity index (χ2n) is 4.96. The zero-order valence-corrected chi connectivity index (χ0v) is 9.50.